The summed E-state index contributed by atoms with van der Waals surface area (Å²) in [4.78, 5) is 21.2. The minimum absolute atomic E-state index is 0.110. The standard InChI is InChI=1S/C47H50F3N3O/c48-47(49,50)42-24-25-44(37-16-7-2-8-17-37)41(32-42)35-53(34-36-14-5-1-6-15-36)46(54)40-22-13-23-43(33-40)52-30-28-51(29-31-52)27-26-45(38-18-9-3-10-19-38)39-20-11-4-12-21-39/h2-4,7-13,16-25,32-33,36,45H,1,5-6,14-15,26-31,34-35H2. The topological polar surface area (TPSA) is 26.8 Å². The number of hydrogen-bond donors (Lipinski definition) is 0. The van der Waals surface area contributed by atoms with Gasteiger partial charge in [-0.05, 0) is 89.9 Å². The molecule has 54 heavy (non-hydrogen) atoms. The molecule has 1 aliphatic carbocycles. The molecule has 4 nitrogen and oxygen atoms in total. The quantitative estimate of drug-likeness (QED) is 0.128. The molecule has 0 spiro atoms. The van der Waals surface area contributed by atoms with Crippen LogP contribution in [0.15, 0.2) is 133 Å². The smallest absolute Gasteiger partial charge is 0.369 e. The van der Waals surface area contributed by atoms with Crippen LogP contribution in [0.5, 0.6) is 0 Å². The lowest BCUT2D eigenvalue weighted by atomic mass is 9.88. The van der Waals surface area contributed by atoms with Crippen molar-refractivity contribution in [3.63, 3.8) is 0 Å². The summed E-state index contributed by atoms with van der Waals surface area (Å²) in [7, 11) is 0. The van der Waals surface area contributed by atoms with Gasteiger partial charge in [-0.3, -0.25) is 9.69 Å². The van der Waals surface area contributed by atoms with Gasteiger partial charge in [0.15, 0.2) is 0 Å². The van der Waals surface area contributed by atoms with Gasteiger partial charge in [0.2, 0.25) is 0 Å². The van der Waals surface area contributed by atoms with Gasteiger partial charge in [0.25, 0.3) is 5.91 Å². The van der Waals surface area contributed by atoms with Gasteiger partial charge in [-0.2, -0.15) is 13.2 Å². The third-order valence-corrected chi connectivity index (χ3v) is 11.3. The molecule has 2 aliphatic rings. The number of carbonyl (C=O) groups excluding carboxylic acids is 1. The van der Waals surface area contributed by atoms with Gasteiger partial charge in [-0.15, -0.1) is 0 Å². The molecule has 2 fully saturated rings. The van der Waals surface area contributed by atoms with Gasteiger partial charge < -0.3 is 9.80 Å². The molecule has 1 saturated carbocycles. The van der Waals surface area contributed by atoms with Crippen molar-refractivity contribution < 1.29 is 18.0 Å². The molecule has 5 aromatic carbocycles. The van der Waals surface area contributed by atoms with Crippen molar-refractivity contribution >= 4 is 11.6 Å². The van der Waals surface area contributed by atoms with Crippen LogP contribution < -0.4 is 4.90 Å². The van der Waals surface area contributed by atoms with Crippen molar-refractivity contribution in [2.24, 2.45) is 5.92 Å². The van der Waals surface area contributed by atoms with Crippen molar-refractivity contribution in [3.05, 3.63) is 161 Å². The molecule has 0 N–H and O–H groups in total. The Hall–Kier alpha value is -4.88. The van der Waals surface area contributed by atoms with E-state index in [9.17, 15) is 18.0 Å². The fourth-order valence-electron chi connectivity index (χ4n) is 8.36. The second-order valence-corrected chi connectivity index (χ2v) is 15.0. The number of nitrogens with zero attached hydrogens (tertiary/aromatic N) is 3. The maximum absolute atomic E-state index is 14.5. The molecular formula is C47H50F3N3O. The van der Waals surface area contributed by atoms with E-state index >= 15 is 0 Å². The third kappa shape index (κ3) is 9.43. The molecule has 1 saturated heterocycles. The van der Waals surface area contributed by atoms with E-state index in [0.29, 0.717) is 29.5 Å². The molecule has 1 amide bonds. The third-order valence-electron chi connectivity index (χ3n) is 11.3. The summed E-state index contributed by atoms with van der Waals surface area (Å²) in [5, 5.41) is 0. The Morgan fingerprint density at radius 1 is 0.704 bits per heavy atom. The SMILES string of the molecule is O=C(c1cccc(N2CCN(CCC(c3ccccc3)c3ccccc3)CC2)c1)N(Cc1cc(C(F)(F)F)ccc1-c1ccccc1)CC1CCCCC1. The monoisotopic (exact) mass is 729 g/mol. The number of hydrogen-bond acceptors (Lipinski definition) is 3. The number of amides is 1. The van der Waals surface area contributed by atoms with Crippen LogP contribution in [0.25, 0.3) is 11.1 Å². The first-order valence-corrected chi connectivity index (χ1v) is 19.5. The minimum Gasteiger partial charge on any atom is -0.369 e. The Morgan fingerprint density at radius 3 is 1.96 bits per heavy atom. The van der Waals surface area contributed by atoms with E-state index in [1.165, 1.54) is 23.6 Å². The van der Waals surface area contributed by atoms with Crippen LogP contribution in [-0.4, -0.2) is 55.0 Å². The van der Waals surface area contributed by atoms with Gasteiger partial charge in [0.1, 0.15) is 0 Å². The van der Waals surface area contributed by atoms with E-state index in [1.807, 2.05) is 53.4 Å². The highest BCUT2D eigenvalue weighted by molar-refractivity contribution is 5.95. The normalized spacial score (nSPS) is 15.7. The van der Waals surface area contributed by atoms with Crippen molar-refractivity contribution in [1.82, 2.24) is 9.80 Å². The summed E-state index contributed by atoms with van der Waals surface area (Å²) in [6, 6.07) is 42.8. The number of benzene rings is 5. The molecule has 0 unspecified atom stereocenters. The fourth-order valence-corrected chi connectivity index (χ4v) is 8.36. The summed E-state index contributed by atoms with van der Waals surface area (Å²) in [5.41, 5.74) is 5.63. The Kier molecular flexibility index (Phi) is 12.1. The second-order valence-electron chi connectivity index (χ2n) is 15.0. The molecule has 5 aromatic rings. The average Bonchev–Trinajstić information content (AvgIpc) is 3.22. The summed E-state index contributed by atoms with van der Waals surface area (Å²) in [6.07, 6.45) is 2.03. The number of halogens is 3. The molecule has 0 aromatic heterocycles. The highest BCUT2D eigenvalue weighted by Gasteiger charge is 2.32. The van der Waals surface area contributed by atoms with Gasteiger partial charge in [0, 0.05) is 56.4 Å². The van der Waals surface area contributed by atoms with Gasteiger partial charge in [-0.1, -0.05) is 122 Å². The van der Waals surface area contributed by atoms with Crippen LogP contribution in [0, 0.1) is 5.92 Å². The Morgan fingerprint density at radius 2 is 1.33 bits per heavy atom. The van der Waals surface area contributed by atoms with E-state index < -0.39 is 11.7 Å². The lowest BCUT2D eigenvalue weighted by Crippen LogP contribution is -2.47. The number of anilines is 1. The van der Waals surface area contributed by atoms with Crippen molar-refractivity contribution in [3.8, 4) is 11.1 Å². The molecule has 1 aliphatic heterocycles. The average molecular weight is 730 g/mol. The van der Waals surface area contributed by atoms with E-state index in [4.69, 9.17) is 0 Å². The molecule has 280 valence electrons. The maximum Gasteiger partial charge on any atom is 0.416 e. The maximum atomic E-state index is 14.5. The molecule has 0 atom stereocenters. The van der Waals surface area contributed by atoms with E-state index in [2.05, 4.69) is 76.5 Å². The molecule has 7 heteroatoms. The second kappa shape index (κ2) is 17.5. The van der Waals surface area contributed by atoms with Gasteiger partial charge in [-0.25, -0.2) is 0 Å². The summed E-state index contributed by atoms with van der Waals surface area (Å²) < 4.78 is 42.0. The first-order valence-electron chi connectivity index (χ1n) is 19.5. The Labute approximate surface area is 318 Å². The summed E-state index contributed by atoms with van der Waals surface area (Å²) in [6.45, 7) is 5.21. The molecule has 1 heterocycles. The zero-order valence-corrected chi connectivity index (χ0v) is 30.9. The Balaban J connectivity index is 1.07. The molecule has 0 bridgehead atoms. The van der Waals surface area contributed by atoms with Crippen LogP contribution in [0.2, 0.25) is 0 Å². The Bertz CT molecular complexity index is 1900. The van der Waals surface area contributed by atoms with Crippen molar-refractivity contribution in [2.45, 2.75) is 57.2 Å². The zero-order chi connectivity index (χ0) is 37.3. The molecular weight excluding hydrogens is 680 g/mol. The lowest BCUT2D eigenvalue weighted by molar-refractivity contribution is -0.137. The number of carbonyl (C=O) groups is 1. The minimum atomic E-state index is -4.48. The number of piperazine rings is 1. The van der Waals surface area contributed by atoms with Gasteiger partial charge >= 0.3 is 6.18 Å². The van der Waals surface area contributed by atoms with E-state index in [-0.39, 0.29) is 12.5 Å². The van der Waals surface area contributed by atoms with E-state index in [0.717, 1.165) is 87.7 Å². The number of alkyl halides is 3. The predicted octanol–water partition coefficient (Wildman–Crippen LogP) is 10.9. The van der Waals surface area contributed by atoms with Crippen LogP contribution in [-0.2, 0) is 12.7 Å². The van der Waals surface area contributed by atoms with Crippen LogP contribution in [0.4, 0.5) is 18.9 Å². The van der Waals surface area contributed by atoms with E-state index in [1.54, 1.807) is 6.07 Å². The highest BCUT2D eigenvalue weighted by Crippen LogP contribution is 2.35. The van der Waals surface area contributed by atoms with Crippen molar-refractivity contribution in [1.29, 1.82) is 0 Å². The summed E-state index contributed by atoms with van der Waals surface area (Å²) in [5.74, 6) is 0.531. The number of rotatable bonds is 12. The summed E-state index contributed by atoms with van der Waals surface area (Å²) >= 11 is 0. The lowest BCUT2D eigenvalue weighted by Gasteiger charge is -2.37. The van der Waals surface area contributed by atoms with Gasteiger partial charge in [0.05, 0.1) is 5.56 Å². The molecule has 0 radical (unpaired) electrons. The van der Waals surface area contributed by atoms with Crippen LogP contribution in [0.3, 0.4) is 0 Å². The highest BCUT2D eigenvalue weighted by atomic mass is 19.4. The van der Waals surface area contributed by atoms with Crippen LogP contribution >= 0.6 is 0 Å². The predicted molar refractivity (Wildman–Crippen MR) is 213 cm³/mol. The largest absolute Gasteiger partial charge is 0.416 e. The zero-order valence-electron chi connectivity index (χ0n) is 30.9. The molecule has 7 rings (SSSR count). The first kappa shape index (κ1) is 37.4. The van der Waals surface area contributed by atoms with Crippen molar-refractivity contribution in [2.75, 3.05) is 44.2 Å². The van der Waals surface area contributed by atoms with Crippen LogP contribution in [0.1, 0.15) is 77.1 Å². The first-order chi connectivity index (χ1) is 26.3. The fraction of sp³-hybridized carbons (Fsp3) is 0.340.